The maximum absolute atomic E-state index is 12.5. The van der Waals surface area contributed by atoms with Crippen molar-refractivity contribution in [1.29, 1.82) is 0 Å². The lowest BCUT2D eigenvalue weighted by atomic mass is 10.0. The Bertz CT molecular complexity index is 757. The van der Waals surface area contributed by atoms with Crippen LogP contribution in [0.1, 0.15) is 181 Å². The molecule has 0 spiro atoms. The first-order chi connectivity index (χ1) is 23.4. The summed E-state index contributed by atoms with van der Waals surface area (Å²) in [5, 5.41) is 0. The predicted octanol–water partition coefficient (Wildman–Crippen LogP) is 10.8. The van der Waals surface area contributed by atoms with Gasteiger partial charge in [-0.25, -0.2) is 0 Å². The zero-order valence-corrected chi connectivity index (χ0v) is 31.8. The van der Waals surface area contributed by atoms with Gasteiger partial charge in [-0.1, -0.05) is 115 Å². The lowest BCUT2D eigenvalue weighted by Crippen LogP contribution is -2.20. The molecule has 0 aromatic rings. The topological polar surface area (TPSA) is 82.1 Å². The highest BCUT2D eigenvalue weighted by Crippen LogP contribution is 2.18. The molecule has 0 radical (unpaired) electrons. The molecule has 0 unspecified atom stereocenters. The second-order valence-corrected chi connectivity index (χ2v) is 13.6. The fourth-order valence-electron chi connectivity index (χ4n) is 5.44. The van der Waals surface area contributed by atoms with E-state index in [4.69, 9.17) is 14.2 Å². The van der Waals surface area contributed by atoms with Crippen molar-refractivity contribution < 1.29 is 28.6 Å². The van der Waals surface area contributed by atoms with Gasteiger partial charge in [-0.05, 0) is 91.3 Å². The van der Waals surface area contributed by atoms with E-state index in [-0.39, 0.29) is 24.0 Å². The Hall–Kier alpha value is -2.15. The lowest BCUT2D eigenvalue weighted by Gasteiger charge is -2.18. The summed E-state index contributed by atoms with van der Waals surface area (Å²) >= 11 is 0. The van der Waals surface area contributed by atoms with E-state index >= 15 is 0 Å². The molecule has 0 N–H and O–H groups in total. The SMILES string of the molecule is CCCCC=CCCC(=O)OCCCCCCCCC(CCCCCCCCOC(=O)CCC=CCCCC)OC(=O)CCCN(C)C. The van der Waals surface area contributed by atoms with Gasteiger partial charge in [0.25, 0.3) is 0 Å². The molecule has 0 bridgehead atoms. The van der Waals surface area contributed by atoms with Crippen molar-refractivity contribution in [2.24, 2.45) is 0 Å². The fraction of sp³-hybridized carbons (Fsp3) is 0.829. The number of esters is 3. The first-order valence-electron chi connectivity index (χ1n) is 19.8. The van der Waals surface area contributed by atoms with Crippen LogP contribution in [-0.2, 0) is 28.6 Å². The number of nitrogens with zero attached hydrogens (tertiary/aromatic N) is 1. The van der Waals surface area contributed by atoms with Gasteiger partial charge in [0, 0.05) is 19.3 Å². The first-order valence-corrected chi connectivity index (χ1v) is 19.8. The molecule has 0 aliphatic rings. The van der Waals surface area contributed by atoms with E-state index in [1.807, 2.05) is 14.1 Å². The molecule has 0 aromatic heterocycles. The number of hydrogen-bond donors (Lipinski definition) is 0. The van der Waals surface area contributed by atoms with Crippen molar-refractivity contribution in [1.82, 2.24) is 4.90 Å². The molecule has 0 amide bonds. The highest BCUT2D eigenvalue weighted by Gasteiger charge is 2.14. The van der Waals surface area contributed by atoms with Crippen LogP contribution in [0.3, 0.4) is 0 Å². The fourth-order valence-corrected chi connectivity index (χ4v) is 5.44. The molecule has 7 heteroatoms. The van der Waals surface area contributed by atoms with E-state index in [9.17, 15) is 14.4 Å². The summed E-state index contributed by atoms with van der Waals surface area (Å²) in [7, 11) is 4.05. The molecule has 0 aliphatic heterocycles. The Morgan fingerprint density at radius 1 is 0.500 bits per heavy atom. The molecule has 48 heavy (non-hydrogen) atoms. The van der Waals surface area contributed by atoms with E-state index in [0.29, 0.717) is 32.5 Å². The van der Waals surface area contributed by atoms with Gasteiger partial charge >= 0.3 is 17.9 Å². The molecular weight excluding hydrogens is 602 g/mol. The minimum atomic E-state index is -0.0905. The van der Waals surface area contributed by atoms with Crippen LogP contribution in [0.25, 0.3) is 0 Å². The van der Waals surface area contributed by atoms with E-state index in [0.717, 1.165) is 129 Å². The van der Waals surface area contributed by atoms with Gasteiger partial charge in [-0.3, -0.25) is 14.4 Å². The van der Waals surface area contributed by atoms with Crippen LogP contribution in [0.4, 0.5) is 0 Å². The van der Waals surface area contributed by atoms with Gasteiger partial charge in [0.15, 0.2) is 0 Å². The standard InChI is InChI=1S/C41H75NO6/c1-5-7-9-11-19-25-32-39(43)46-36-27-21-15-13-17-23-30-38(48-41(45)34-29-35-42(3)4)31-24-18-14-16-22-28-37-47-40(44)33-26-20-12-10-8-6-2/h11-12,19-20,38H,5-10,13-18,21-37H2,1-4H3. The van der Waals surface area contributed by atoms with Gasteiger partial charge in [-0.2, -0.15) is 0 Å². The second kappa shape index (κ2) is 36.1. The number of unbranched alkanes of at least 4 members (excludes halogenated alkanes) is 14. The van der Waals surface area contributed by atoms with Gasteiger partial charge < -0.3 is 19.1 Å². The molecule has 0 saturated carbocycles. The molecular formula is C41H75NO6. The van der Waals surface area contributed by atoms with Crippen molar-refractivity contribution >= 4 is 17.9 Å². The predicted molar refractivity (Wildman–Crippen MR) is 200 cm³/mol. The monoisotopic (exact) mass is 678 g/mol. The van der Waals surface area contributed by atoms with Crippen molar-refractivity contribution in [3.63, 3.8) is 0 Å². The summed E-state index contributed by atoms with van der Waals surface area (Å²) in [6, 6.07) is 0. The van der Waals surface area contributed by atoms with Crippen LogP contribution in [0.5, 0.6) is 0 Å². The van der Waals surface area contributed by atoms with Crippen molar-refractivity contribution in [2.75, 3.05) is 33.9 Å². The third kappa shape index (κ3) is 35.2. The number of hydrogen-bond acceptors (Lipinski definition) is 7. The third-order valence-corrected chi connectivity index (χ3v) is 8.46. The molecule has 0 heterocycles. The Labute approximate surface area is 296 Å². The maximum atomic E-state index is 12.5. The average molecular weight is 678 g/mol. The average Bonchev–Trinajstić information content (AvgIpc) is 3.05. The van der Waals surface area contributed by atoms with E-state index in [2.05, 4.69) is 43.1 Å². The summed E-state index contributed by atoms with van der Waals surface area (Å²) in [6.45, 7) is 6.31. The number of rotatable bonds is 35. The second-order valence-electron chi connectivity index (χ2n) is 13.6. The third-order valence-electron chi connectivity index (χ3n) is 8.46. The highest BCUT2D eigenvalue weighted by atomic mass is 16.5. The van der Waals surface area contributed by atoms with Gasteiger partial charge in [0.2, 0.25) is 0 Å². The van der Waals surface area contributed by atoms with Gasteiger partial charge in [0.05, 0.1) is 13.2 Å². The van der Waals surface area contributed by atoms with Crippen molar-refractivity contribution in [3.8, 4) is 0 Å². The van der Waals surface area contributed by atoms with Crippen LogP contribution < -0.4 is 0 Å². The maximum Gasteiger partial charge on any atom is 0.306 e. The summed E-state index contributed by atoms with van der Waals surface area (Å²) in [6.07, 6.45) is 34.2. The zero-order chi connectivity index (χ0) is 35.3. The zero-order valence-electron chi connectivity index (χ0n) is 31.8. The summed E-state index contributed by atoms with van der Waals surface area (Å²) in [5.74, 6) is -0.245. The quantitative estimate of drug-likeness (QED) is 0.0286. The first kappa shape index (κ1) is 45.9. The van der Waals surface area contributed by atoms with Crippen LogP contribution in [0.15, 0.2) is 24.3 Å². The lowest BCUT2D eigenvalue weighted by molar-refractivity contribution is -0.150. The van der Waals surface area contributed by atoms with Crippen molar-refractivity contribution in [2.45, 2.75) is 187 Å². The van der Waals surface area contributed by atoms with E-state index < -0.39 is 0 Å². The molecule has 7 nitrogen and oxygen atoms in total. The number of ether oxygens (including phenoxy) is 3. The Morgan fingerprint density at radius 2 is 0.917 bits per heavy atom. The number of allylic oxidation sites excluding steroid dienone is 4. The molecule has 0 fully saturated rings. The van der Waals surface area contributed by atoms with Gasteiger partial charge in [-0.15, -0.1) is 0 Å². The normalized spacial score (nSPS) is 12.3. The smallest absolute Gasteiger partial charge is 0.306 e. The van der Waals surface area contributed by atoms with Crippen molar-refractivity contribution in [3.05, 3.63) is 24.3 Å². The van der Waals surface area contributed by atoms with Crippen LogP contribution in [-0.4, -0.2) is 62.8 Å². The molecule has 0 saturated heterocycles. The van der Waals surface area contributed by atoms with Crippen LogP contribution in [0, 0.1) is 0 Å². The van der Waals surface area contributed by atoms with Crippen LogP contribution >= 0.6 is 0 Å². The highest BCUT2D eigenvalue weighted by molar-refractivity contribution is 5.70. The molecule has 0 atom stereocenters. The minimum Gasteiger partial charge on any atom is -0.466 e. The summed E-state index contributed by atoms with van der Waals surface area (Å²) in [5.41, 5.74) is 0. The van der Waals surface area contributed by atoms with E-state index in [1.165, 1.54) is 25.7 Å². The number of carbonyl (C=O) groups excluding carboxylic acids is 3. The largest absolute Gasteiger partial charge is 0.466 e. The minimum absolute atomic E-state index is 0.0126. The Balaban J connectivity index is 4.05. The molecule has 0 aromatic carbocycles. The summed E-state index contributed by atoms with van der Waals surface area (Å²) < 4.78 is 16.7. The molecule has 280 valence electrons. The van der Waals surface area contributed by atoms with Crippen LogP contribution in [0.2, 0.25) is 0 Å². The molecule has 0 aliphatic carbocycles. The van der Waals surface area contributed by atoms with E-state index in [1.54, 1.807) is 0 Å². The van der Waals surface area contributed by atoms with Gasteiger partial charge in [0.1, 0.15) is 6.10 Å². The summed E-state index contributed by atoms with van der Waals surface area (Å²) in [4.78, 5) is 38.3. The Morgan fingerprint density at radius 3 is 1.35 bits per heavy atom. The molecule has 0 rings (SSSR count). The number of carbonyl (C=O) groups is 3. The Kier molecular flexibility index (Phi) is 34.5.